The minimum atomic E-state index is -0.963. The molecule has 0 fully saturated rings. The zero-order valence-corrected chi connectivity index (χ0v) is 15.0. The van der Waals surface area contributed by atoms with Crippen LogP contribution in [0, 0.1) is 0 Å². The third-order valence-electron chi connectivity index (χ3n) is 3.73. The molecule has 5 nitrogen and oxygen atoms in total. The van der Waals surface area contributed by atoms with E-state index in [1.54, 1.807) is 31.0 Å². The van der Waals surface area contributed by atoms with Gasteiger partial charge in [0.05, 0.1) is 19.1 Å². The number of carbonyl (C=O) groups excluding carboxylic acids is 1. The summed E-state index contributed by atoms with van der Waals surface area (Å²) < 4.78 is 5.05. The summed E-state index contributed by atoms with van der Waals surface area (Å²) in [5, 5.41) is 12.0. The van der Waals surface area contributed by atoms with Crippen molar-refractivity contribution in [2.75, 3.05) is 13.4 Å². The van der Waals surface area contributed by atoms with Gasteiger partial charge in [-0.2, -0.15) is 0 Å². The molecule has 0 saturated carbocycles. The molecule has 0 aromatic heterocycles. The van der Waals surface area contributed by atoms with E-state index >= 15 is 0 Å². The first-order chi connectivity index (χ1) is 12.0. The number of carboxylic acid groups (broad SMARTS) is 1. The molecule has 2 rings (SSSR count). The van der Waals surface area contributed by atoms with Crippen molar-refractivity contribution in [1.29, 1.82) is 0 Å². The molecule has 2 N–H and O–H groups in total. The minimum absolute atomic E-state index is 0.174. The topological polar surface area (TPSA) is 75.6 Å². The number of nitrogens with one attached hydrogen (secondary N) is 1. The van der Waals surface area contributed by atoms with Crippen LogP contribution >= 0.6 is 11.8 Å². The number of carbonyl (C=O) groups is 2. The van der Waals surface area contributed by atoms with Crippen molar-refractivity contribution in [3.8, 4) is 0 Å². The smallest absolute Gasteiger partial charge is 0.305 e. The summed E-state index contributed by atoms with van der Waals surface area (Å²) in [6.07, 6.45) is 1.80. The van der Waals surface area contributed by atoms with Gasteiger partial charge in [-0.3, -0.25) is 9.59 Å². The molecule has 0 aliphatic carbocycles. The maximum absolute atomic E-state index is 12.5. The summed E-state index contributed by atoms with van der Waals surface area (Å²) in [6.45, 7) is 0.478. The Morgan fingerprint density at radius 2 is 1.76 bits per heavy atom. The maximum atomic E-state index is 12.5. The number of aliphatic carboxylic acids is 1. The zero-order valence-electron chi connectivity index (χ0n) is 14.2. The Morgan fingerprint density at radius 3 is 2.28 bits per heavy atom. The van der Waals surface area contributed by atoms with Gasteiger partial charge in [0.2, 0.25) is 0 Å². The van der Waals surface area contributed by atoms with Crippen molar-refractivity contribution >= 4 is 23.6 Å². The first-order valence-corrected chi connectivity index (χ1v) is 9.00. The van der Waals surface area contributed by atoms with Gasteiger partial charge in [-0.25, -0.2) is 0 Å². The Bertz CT molecular complexity index is 713. The van der Waals surface area contributed by atoms with E-state index in [4.69, 9.17) is 9.84 Å². The molecule has 1 atom stereocenters. The first kappa shape index (κ1) is 19.0. The fourth-order valence-corrected chi connectivity index (χ4v) is 2.83. The summed E-state index contributed by atoms with van der Waals surface area (Å²) >= 11 is 1.61. The summed E-state index contributed by atoms with van der Waals surface area (Å²) in [7, 11) is 1.61. The third-order valence-corrected chi connectivity index (χ3v) is 4.47. The standard InChI is InChI=1S/C19H21NO4S/c1-24-12-13-3-5-15(6-4-13)19(23)20-17(11-18(21)22)14-7-9-16(25-2)10-8-14/h3-10,17H,11-12H2,1-2H3,(H,20,23)(H,21,22). The second-order valence-electron chi connectivity index (χ2n) is 5.53. The number of hydrogen-bond donors (Lipinski definition) is 2. The van der Waals surface area contributed by atoms with Crippen molar-refractivity contribution in [2.45, 2.75) is 24.0 Å². The van der Waals surface area contributed by atoms with Crippen LogP contribution in [0.3, 0.4) is 0 Å². The molecule has 0 aliphatic heterocycles. The van der Waals surface area contributed by atoms with Crippen LogP contribution in [0.2, 0.25) is 0 Å². The molecular formula is C19H21NO4S. The lowest BCUT2D eigenvalue weighted by molar-refractivity contribution is -0.137. The summed E-state index contributed by atoms with van der Waals surface area (Å²) in [4.78, 5) is 24.7. The average molecular weight is 359 g/mol. The second-order valence-corrected chi connectivity index (χ2v) is 6.41. The zero-order chi connectivity index (χ0) is 18.2. The molecule has 0 spiro atoms. The Balaban J connectivity index is 2.14. The largest absolute Gasteiger partial charge is 0.481 e. The van der Waals surface area contributed by atoms with E-state index in [0.717, 1.165) is 16.0 Å². The van der Waals surface area contributed by atoms with E-state index in [2.05, 4.69) is 5.32 Å². The normalized spacial score (nSPS) is 11.8. The highest BCUT2D eigenvalue weighted by atomic mass is 32.2. The molecule has 6 heteroatoms. The van der Waals surface area contributed by atoms with Crippen molar-refractivity contribution < 1.29 is 19.4 Å². The van der Waals surface area contributed by atoms with E-state index < -0.39 is 12.0 Å². The molecule has 25 heavy (non-hydrogen) atoms. The van der Waals surface area contributed by atoms with E-state index in [0.29, 0.717) is 12.2 Å². The van der Waals surface area contributed by atoms with Crippen LogP contribution in [0.1, 0.15) is 33.9 Å². The Labute approximate surface area is 151 Å². The fraction of sp³-hybridized carbons (Fsp3) is 0.263. The number of hydrogen-bond acceptors (Lipinski definition) is 4. The van der Waals surface area contributed by atoms with Crippen molar-refractivity contribution in [3.63, 3.8) is 0 Å². The molecule has 0 saturated heterocycles. The molecular weight excluding hydrogens is 338 g/mol. The predicted molar refractivity (Wildman–Crippen MR) is 97.8 cm³/mol. The van der Waals surface area contributed by atoms with Gasteiger partial charge in [-0.1, -0.05) is 24.3 Å². The van der Waals surface area contributed by atoms with E-state index in [1.165, 1.54) is 0 Å². The molecule has 132 valence electrons. The SMILES string of the molecule is COCc1ccc(C(=O)NC(CC(=O)O)c2ccc(SC)cc2)cc1. The highest BCUT2D eigenvalue weighted by Gasteiger charge is 2.19. The predicted octanol–water partition coefficient (Wildman–Crippen LogP) is 3.50. The Hall–Kier alpha value is -2.31. The molecule has 0 heterocycles. The van der Waals surface area contributed by atoms with Crippen LogP contribution < -0.4 is 5.32 Å². The van der Waals surface area contributed by atoms with Gasteiger partial charge in [0.15, 0.2) is 0 Å². The van der Waals surface area contributed by atoms with E-state index in [9.17, 15) is 9.59 Å². The Morgan fingerprint density at radius 1 is 1.12 bits per heavy atom. The summed E-state index contributed by atoms with van der Waals surface area (Å²) in [6, 6.07) is 14.0. The second kappa shape index (κ2) is 9.25. The van der Waals surface area contributed by atoms with Crippen molar-refractivity contribution in [1.82, 2.24) is 5.32 Å². The van der Waals surface area contributed by atoms with Crippen LogP contribution in [0.4, 0.5) is 0 Å². The number of benzene rings is 2. The lowest BCUT2D eigenvalue weighted by Gasteiger charge is -2.18. The van der Waals surface area contributed by atoms with E-state index in [-0.39, 0.29) is 12.3 Å². The third kappa shape index (κ3) is 5.62. The molecule has 2 aromatic carbocycles. The fourth-order valence-electron chi connectivity index (χ4n) is 2.42. The van der Waals surface area contributed by atoms with Gasteiger partial charge < -0.3 is 15.2 Å². The summed E-state index contributed by atoms with van der Waals surface area (Å²) in [5.74, 6) is -1.26. The minimum Gasteiger partial charge on any atom is -0.481 e. The number of methoxy groups -OCH3 is 1. The van der Waals surface area contributed by atoms with Gasteiger partial charge in [-0.15, -0.1) is 11.8 Å². The van der Waals surface area contributed by atoms with Crippen LogP contribution in [0.25, 0.3) is 0 Å². The van der Waals surface area contributed by atoms with Crippen molar-refractivity contribution in [2.24, 2.45) is 0 Å². The average Bonchev–Trinajstić information content (AvgIpc) is 2.61. The molecule has 0 bridgehead atoms. The van der Waals surface area contributed by atoms with Crippen LogP contribution in [-0.4, -0.2) is 30.3 Å². The number of rotatable bonds is 8. The number of carboxylic acids is 1. The molecule has 1 unspecified atom stereocenters. The van der Waals surface area contributed by atoms with Crippen LogP contribution in [-0.2, 0) is 16.1 Å². The maximum Gasteiger partial charge on any atom is 0.305 e. The molecule has 1 amide bonds. The Kier molecular flexibility index (Phi) is 7.03. The molecule has 0 radical (unpaired) electrons. The van der Waals surface area contributed by atoms with E-state index in [1.807, 2.05) is 42.7 Å². The van der Waals surface area contributed by atoms with Gasteiger partial charge in [-0.05, 0) is 41.6 Å². The van der Waals surface area contributed by atoms with Crippen LogP contribution in [0.5, 0.6) is 0 Å². The quantitative estimate of drug-likeness (QED) is 0.706. The lowest BCUT2D eigenvalue weighted by atomic mass is 10.0. The highest BCUT2D eigenvalue weighted by Crippen LogP contribution is 2.22. The molecule has 2 aromatic rings. The molecule has 0 aliphatic rings. The van der Waals surface area contributed by atoms with Gasteiger partial charge in [0.1, 0.15) is 0 Å². The number of ether oxygens (including phenoxy) is 1. The van der Waals surface area contributed by atoms with Gasteiger partial charge in [0.25, 0.3) is 5.91 Å². The van der Waals surface area contributed by atoms with Crippen molar-refractivity contribution in [3.05, 3.63) is 65.2 Å². The first-order valence-electron chi connectivity index (χ1n) is 7.78. The van der Waals surface area contributed by atoms with Crippen LogP contribution in [0.15, 0.2) is 53.4 Å². The summed E-state index contributed by atoms with van der Waals surface area (Å²) in [5.41, 5.74) is 2.22. The van der Waals surface area contributed by atoms with Gasteiger partial charge >= 0.3 is 5.97 Å². The number of thioether (sulfide) groups is 1. The lowest BCUT2D eigenvalue weighted by Crippen LogP contribution is -2.30. The monoisotopic (exact) mass is 359 g/mol. The van der Waals surface area contributed by atoms with Gasteiger partial charge in [0, 0.05) is 17.6 Å². The highest BCUT2D eigenvalue weighted by molar-refractivity contribution is 7.98. The number of amides is 1.